The first-order valence-electron chi connectivity index (χ1n) is 9.81. The Balaban J connectivity index is 1.48. The number of hydrogen-bond acceptors (Lipinski definition) is 4. The standard InChI is InChI=1S/C24H24N2O3S/c1-14-9-15(2)22(16(3)10-14)25-21(27)12-26(4)24(28)20-11-17-13-29-19-8-6-5-7-18(19)23(17)30-20/h5-11H,12-13H2,1-4H3,(H,25,27). The fourth-order valence-electron chi connectivity index (χ4n) is 3.84. The predicted octanol–water partition coefficient (Wildman–Crippen LogP) is 4.94. The van der Waals surface area contributed by atoms with E-state index in [2.05, 4.69) is 5.32 Å². The van der Waals surface area contributed by atoms with Crippen LogP contribution in [-0.4, -0.2) is 30.3 Å². The average Bonchev–Trinajstić information content (AvgIpc) is 3.15. The van der Waals surface area contributed by atoms with Crippen LogP contribution in [0.25, 0.3) is 10.4 Å². The van der Waals surface area contributed by atoms with Crippen LogP contribution in [0.1, 0.15) is 31.9 Å². The van der Waals surface area contributed by atoms with Gasteiger partial charge in [0.1, 0.15) is 12.4 Å². The van der Waals surface area contributed by atoms with Crippen LogP contribution in [0.4, 0.5) is 5.69 Å². The van der Waals surface area contributed by atoms with Crippen LogP contribution < -0.4 is 10.1 Å². The predicted molar refractivity (Wildman–Crippen MR) is 120 cm³/mol. The van der Waals surface area contributed by atoms with Crippen molar-refractivity contribution in [2.45, 2.75) is 27.4 Å². The molecule has 1 aliphatic rings. The Hall–Kier alpha value is -3.12. The number of likely N-dealkylation sites (N-methyl/N-ethyl adjacent to an activating group) is 1. The molecule has 3 aromatic rings. The number of hydrogen-bond donors (Lipinski definition) is 1. The van der Waals surface area contributed by atoms with Crippen LogP contribution in [-0.2, 0) is 11.4 Å². The monoisotopic (exact) mass is 420 g/mol. The summed E-state index contributed by atoms with van der Waals surface area (Å²) in [7, 11) is 1.65. The molecule has 1 N–H and O–H groups in total. The number of ether oxygens (including phenoxy) is 1. The van der Waals surface area contributed by atoms with Crippen LogP contribution in [0, 0.1) is 20.8 Å². The van der Waals surface area contributed by atoms with E-state index in [4.69, 9.17) is 4.74 Å². The van der Waals surface area contributed by atoms with Gasteiger partial charge < -0.3 is 15.0 Å². The molecule has 0 saturated heterocycles. The smallest absolute Gasteiger partial charge is 0.264 e. The zero-order chi connectivity index (χ0) is 21.4. The molecule has 0 unspecified atom stereocenters. The van der Waals surface area contributed by atoms with Gasteiger partial charge in [0.05, 0.1) is 11.4 Å². The number of rotatable bonds is 4. The molecule has 4 rings (SSSR count). The number of anilines is 1. The third-order valence-electron chi connectivity index (χ3n) is 5.20. The zero-order valence-corrected chi connectivity index (χ0v) is 18.4. The lowest BCUT2D eigenvalue weighted by Crippen LogP contribution is -2.34. The van der Waals surface area contributed by atoms with Gasteiger partial charge in [-0.1, -0.05) is 29.8 Å². The minimum atomic E-state index is -0.212. The van der Waals surface area contributed by atoms with Gasteiger partial charge in [0.2, 0.25) is 5.91 Å². The van der Waals surface area contributed by atoms with Crippen LogP contribution in [0.3, 0.4) is 0 Å². The average molecular weight is 421 g/mol. The molecule has 0 spiro atoms. The van der Waals surface area contributed by atoms with Crippen LogP contribution in [0.2, 0.25) is 0 Å². The van der Waals surface area contributed by atoms with E-state index in [1.54, 1.807) is 7.05 Å². The molecule has 1 aliphatic heterocycles. The lowest BCUT2D eigenvalue weighted by molar-refractivity contribution is -0.116. The van der Waals surface area contributed by atoms with Crippen LogP contribution in [0.15, 0.2) is 42.5 Å². The van der Waals surface area contributed by atoms with E-state index in [-0.39, 0.29) is 18.4 Å². The second-order valence-electron chi connectivity index (χ2n) is 7.73. The van der Waals surface area contributed by atoms with Gasteiger partial charge in [-0.25, -0.2) is 0 Å². The molecule has 2 amide bonds. The minimum Gasteiger partial charge on any atom is -0.488 e. The number of fused-ring (bicyclic) bond motifs is 3. The Labute approximate surface area is 180 Å². The normalized spacial score (nSPS) is 11.9. The lowest BCUT2D eigenvalue weighted by atomic mass is 10.1. The summed E-state index contributed by atoms with van der Waals surface area (Å²) < 4.78 is 5.78. The molecule has 0 bridgehead atoms. The Morgan fingerprint density at radius 1 is 1.10 bits per heavy atom. The molecule has 5 nitrogen and oxygen atoms in total. The van der Waals surface area contributed by atoms with E-state index in [0.717, 1.165) is 44.1 Å². The second kappa shape index (κ2) is 7.95. The van der Waals surface area contributed by atoms with Crippen molar-refractivity contribution in [1.29, 1.82) is 0 Å². The molecule has 0 saturated carbocycles. The molecule has 2 heterocycles. The first-order chi connectivity index (χ1) is 14.3. The Morgan fingerprint density at radius 3 is 2.53 bits per heavy atom. The highest BCUT2D eigenvalue weighted by Crippen LogP contribution is 2.42. The molecule has 0 radical (unpaired) electrons. The highest BCUT2D eigenvalue weighted by Gasteiger charge is 2.24. The largest absolute Gasteiger partial charge is 0.488 e. The van der Waals surface area contributed by atoms with E-state index in [0.29, 0.717) is 11.5 Å². The summed E-state index contributed by atoms with van der Waals surface area (Å²) in [6, 6.07) is 13.8. The summed E-state index contributed by atoms with van der Waals surface area (Å²) in [5.74, 6) is 0.456. The van der Waals surface area contributed by atoms with Crippen molar-refractivity contribution in [1.82, 2.24) is 4.90 Å². The van der Waals surface area contributed by atoms with E-state index in [1.807, 2.05) is 63.2 Å². The second-order valence-corrected chi connectivity index (χ2v) is 8.79. The maximum absolute atomic E-state index is 13.0. The third kappa shape index (κ3) is 3.83. The highest BCUT2D eigenvalue weighted by molar-refractivity contribution is 7.17. The molecule has 154 valence electrons. The zero-order valence-electron chi connectivity index (χ0n) is 17.5. The maximum Gasteiger partial charge on any atom is 0.264 e. The molecular formula is C24H24N2O3S. The lowest BCUT2D eigenvalue weighted by Gasteiger charge is -2.18. The fourth-order valence-corrected chi connectivity index (χ4v) is 5.03. The number of carbonyl (C=O) groups excluding carboxylic acids is 2. The molecule has 1 aromatic heterocycles. The van der Waals surface area contributed by atoms with Gasteiger partial charge in [0.25, 0.3) is 5.91 Å². The number of carbonyl (C=O) groups is 2. The van der Waals surface area contributed by atoms with Crippen molar-refractivity contribution in [3.8, 4) is 16.2 Å². The van der Waals surface area contributed by atoms with Crippen LogP contribution >= 0.6 is 11.3 Å². The maximum atomic E-state index is 13.0. The Bertz CT molecular complexity index is 1130. The van der Waals surface area contributed by atoms with E-state index < -0.39 is 0 Å². The van der Waals surface area contributed by atoms with Gasteiger partial charge in [-0.05, 0) is 50.1 Å². The minimum absolute atomic E-state index is 0.0127. The quantitative estimate of drug-likeness (QED) is 0.650. The summed E-state index contributed by atoms with van der Waals surface area (Å²) >= 11 is 1.45. The highest BCUT2D eigenvalue weighted by atomic mass is 32.1. The first-order valence-corrected chi connectivity index (χ1v) is 10.6. The topological polar surface area (TPSA) is 58.6 Å². The van der Waals surface area contributed by atoms with Crippen molar-refractivity contribution >= 4 is 28.8 Å². The van der Waals surface area contributed by atoms with Crippen molar-refractivity contribution in [3.05, 3.63) is 69.6 Å². The van der Waals surface area contributed by atoms with Crippen molar-refractivity contribution in [3.63, 3.8) is 0 Å². The van der Waals surface area contributed by atoms with Gasteiger partial charge in [-0.2, -0.15) is 0 Å². The van der Waals surface area contributed by atoms with Gasteiger partial charge in [0.15, 0.2) is 0 Å². The first kappa shape index (κ1) is 20.2. The molecule has 2 aromatic carbocycles. The Kier molecular flexibility index (Phi) is 5.35. The van der Waals surface area contributed by atoms with Crippen molar-refractivity contribution in [2.75, 3.05) is 18.9 Å². The summed E-state index contributed by atoms with van der Waals surface area (Å²) in [6.07, 6.45) is 0. The number of para-hydroxylation sites is 1. The van der Waals surface area contributed by atoms with Gasteiger partial charge in [-0.15, -0.1) is 11.3 Å². The number of thiophene rings is 1. The molecule has 0 fully saturated rings. The van der Waals surface area contributed by atoms with Gasteiger partial charge >= 0.3 is 0 Å². The summed E-state index contributed by atoms with van der Waals surface area (Å²) in [6.45, 7) is 6.41. The fraction of sp³-hybridized carbons (Fsp3) is 0.250. The van der Waals surface area contributed by atoms with Gasteiger partial charge in [0, 0.05) is 28.7 Å². The number of amides is 2. The SMILES string of the molecule is Cc1cc(C)c(NC(=O)CN(C)C(=O)c2cc3c(s2)-c2ccccc2OC3)c(C)c1. The molecular weight excluding hydrogens is 396 g/mol. The number of nitrogens with zero attached hydrogens (tertiary/aromatic N) is 1. The summed E-state index contributed by atoms with van der Waals surface area (Å²) in [4.78, 5) is 28.7. The van der Waals surface area contributed by atoms with E-state index >= 15 is 0 Å². The third-order valence-corrected chi connectivity index (χ3v) is 6.40. The molecule has 0 atom stereocenters. The molecule has 30 heavy (non-hydrogen) atoms. The number of aryl methyl sites for hydroxylation is 3. The van der Waals surface area contributed by atoms with Gasteiger partial charge in [-0.3, -0.25) is 9.59 Å². The summed E-state index contributed by atoms with van der Waals surface area (Å²) in [5.41, 5.74) is 6.01. The summed E-state index contributed by atoms with van der Waals surface area (Å²) in [5, 5.41) is 2.96. The van der Waals surface area contributed by atoms with Crippen molar-refractivity contribution in [2.24, 2.45) is 0 Å². The van der Waals surface area contributed by atoms with Crippen LogP contribution in [0.5, 0.6) is 5.75 Å². The number of benzene rings is 2. The molecule has 0 aliphatic carbocycles. The molecule has 6 heteroatoms. The number of nitrogens with one attached hydrogen (secondary N) is 1. The Morgan fingerprint density at radius 2 is 1.80 bits per heavy atom. The van der Waals surface area contributed by atoms with Crippen molar-refractivity contribution < 1.29 is 14.3 Å². The van der Waals surface area contributed by atoms with E-state index in [9.17, 15) is 9.59 Å². The van der Waals surface area contributed by atoms with E-state index in [1.165, 1.54) is 16.2 Å².